The highest BCUT2D eigenvalue weighted by atomic mass is 32.2. The van der Waals surface area contributed by atoms with E-state index < -0.39 is 15.8 Å². The number of oxazole rings is 1. The third kappa shape index (κ3) is 3.30. The van der Waals surface area contributed by atoms with Gasteiger partial charge in [0.25, 0.3) is 0 Å². The summed E-state index contributed by atoms with van der Waals surface area (Å²) in [5.41, 5.74) is 0.706. The molecule has 4 rings (SSSR count). The Labute approximate surface area is 155 Å². The molecule has 9 nitrogen and oxygen atoms in total. The van der Waals surface area contributed by atoms with Crippen LogP contribution in [0.3, 0.4) is 0 Å². The molecule has 1 aromatic carbocycles. The van der Waals surface area contributed by atoms with Crippen molar-refractivity contribution in [3.8, 4) is 0 Å². The van der Waals surface area contributed by atoms with E-state index in [1.165, 1.54) is 21.0 Å². The van der Waals surface area contributed by atoms with Gasteiger partial charge in [0, 0.05) is 25.6 Å². The zero-order valence-corrected chi connectivity index (χ0v) is 15.7. The lowest BCUT2D eigenvalue weighted by atomic mass is 10.2. The predicted octanol–water partition coefficient (Wildman–Crippen LogP) is 1.76. The van der Waals surface area contributed by atoms with Crippen LogP contribution in [0.4, 0.5) is 0 Å². The van der Waals surface area contributed by atoms with Crippen LogP contribution < -0.4 is 5.76 Å². The summed E-state index contributed by atoms with van der Waals surface area (Å²) in [6.07, 6.45) is 3.36. The summed E-state index contributed by atoms with van der Waals surface area (Å²) in [5.74, 6) is 0.253. The van der Waals surface area contributed by atoms with Crippen LogP contribution in [-0.2, 0) is 23.0 Å². The van der Waals surface area contributed by atoms with Gasteiger partial charge in [0.05, 0.1) is 17.0 Å². The second kappa shape index (κ2) is 6.93. The first-order chi connectivity index (χ1) is 13.0. The summed E-state index contributed by atoms with van der Waals surface area (Å²) in [6.45, 7) is 3.01. The highest BCUT2D eigenvalue weighted by molar-refractivity contribution is 7.89. The van der Waals surface area contributed by atoms with E-state index in [2.05, 4.69) is 10.1 Å². The van der Waals surface area contributed by atoms with E-state index in [4.69, 9.17) is 8.94 Å². The number of piperidine rings is 1. The molecule has 0 bridgehead atoms. The van der Waals surface area contributed by atoms with Crippen LogP contribution >= 0.6 is 0 Å². The van der Waals surface area contributed by atoms with Crippen molar-refractivity contribution in [1.82, 2.24) is 19.0 Å². The molecule has 3 aromatic rings. The van der Waals surface area contributed by atoms with Crippen molar-refractivity contribution in [3.05, 3.63) is 40.5 Å². The standard InChI is InChI=1S/C17H20N4O5S/c1-2-16-18-15(19-26-16)11-21-13-7-6-12(10-14(13)25-17(21)22)27(23,24)20-8-4-3-5-9-20/h6-7,10H,2-5,8-9,11H2,1H3. The fourth-order valence-electron chi connectivity index (χ4n) is 3.25. The highest BCUT2D eigenvalue weighted by Gasteiger charge is 2.27. The summed E-state index contributed by atoms with van der Waals surface area (Å²) in [7, 11) is -3.59. The first kappa shape index (κ1) is 17.9. The zero-order chi connectivity index (χ0) is 19.0. The number of sulfonamides is 1. The largest absolute Gasteiger partial charge is 0.420 e. The van der Waals surface area contributed by atoms with E-state index in [-0.39, 0.29) is 17.0 Å². The van der Waals surface area contributed by atoms with E-state index in [1.54, 1.807) is 6.07 Å². The normalized spacial score (nSPS) is 16.2. The molecule has 0 N–H and O–H groups in total. The molecule has 0 spiro atoms. The Hall–Kier alpha value is -2.46. The molecule has 1 fully saturated rings. The van der Waals surface area contributed by atoms with Crippen molar-refractivity contribution in [2.45, 2.75) is 44.0 Å². The number of aromatic nitrogens is 3. The van der Waals surface area contributed by atoms with Crippen LogP contribution in [0.15, 0.2) is 36.8 Å². The number of hydrogen-bond acceptors (Lipinski definition) is 7. The number of nitrogens with zero attached hydrogens (tertiary/aromatic N) is 4. The molecule has 0 aliphatic carbocycles. The summed E-state index contributed by atoms with van der Waals surface area (Å²) in [6, 6.07) is 4.49. The van der Waals surface area contributed by atoms with Crippen LogP contribution in [0.5, 0.6) is 0 Å². The molecule has 144 valence electrons. The Morgan fingerprint density at radius 1 is 1.19 bits per heavy atom. The predicted molar refractivity (Wildman–Crippen MR) is 95.9 cm³/mol. The Morgan fingerprint density at radius 2 is 1.96 bits per heavy atom. The number of rotatable bonds is 5. The minimum absolute atomic E-state index is 0.0908. The van der Waals surface area contributed by atoms with Gasteiger partial charge in [0.1, 0.15) is 0 Å². The second-order valence-electron chi connectivity index (χ2n) is 6.51. The molecular formula is C17H20N4O5S. The van der Waals surface area contributed by atoms with Gasteiger partial charge >= 0.3 is 5.76 Å². The van der Waals surface area contributed by atoms with E-state index >= 15 is 0 Å². The summed E-state index contributed by atoms with van der Waals surface area (Å²) < 4.78 is 38.8. The average Bonchev–Trinajstić information content (AvgIpc) is 3.26. The van der Waals surface area contributed by atoms with Crippen molar-refractivity contribution in [3.63, 3.8) is 0 Å². The maximum Gasteiger partial charge on any atom is 0.420 e. The van der Waals surface area contributed by atoms with Crippen molar-refractivity contribution in [2.75, 3.05) is 13.1 Å². The van der Waals surface area contributed by atoms with Crippen LogP contribution in [0, 0.1) is 0 Å². The zero-order valence-electron chi connectivity index (χ0n) is 14.9. The van der Waals surface area contributed by atoms with Crippen molar-refractivity contribution >= 4 is 21.1 Å². The van der Waals surface area contributed by atoms with Gasteiger partial charge < -0.3 is 8.94 Å². The average molecular weight is 392 g/mol. The molecule has 10 heteroatoms. The number of benzene rings is 1. The van der Waals surface area contributed by atoms with E-state index in [1.807, 2.05) is 6.92 Å². The van der Waals surface area contributed by atoms with Crippen molar-refractivity contribution < 1.29 is 17.4 Å². The third-order valence-corrected chi connectivity index (χ3v) is 6.60. The summed E-state index contributed by atoms with van der Waals surface area (Å²) >= 11 is 0. The van der Waals surface area contributed by atoms with E-state index in [9.17, 15) is 13.2 Å². The molecule has 3 heterocycles. The van der Waals surface area contributed by atoms with Gasteiger partial charge in [-0.1, -0.05) is 18.5 Å². The highest BCUT2D eigenvalue weighted by Crippen LogP contribution is 2.24. The molecule has 0 atom stereocenters. The van der Waals surface area contributed by atoms with Gasteiger partial charge in [-0.2, -0.15) is 9.29 Å². The molecule has 0 amide bonds. The van der Waals surface area contributed by atoms with Crippen molar-refractivity contribution in [1.29, 1.82) is 0 Å². The van der Waals surface area contributed by atoms with Crippen LogP contribution in [0.2, 0.25) is 0 Å². The quantitative estimate of drug-likeness (QED) is 0.650. The third-order valence-electron chi connectivity index (χ3n) is 4.70. The molecule has 0 unspecified atom stereocenters. The fraction of sp³-hybridized carbons (Fsp3) is 0.471. The van der Waals surface area contributed by atoms with Gasteiger partial charge in [0.2, 0.25) is 15.9 Å². The number of aryl methyl sites for hydroxylation is 1. The Balaban J connectivity index is 1.69. The van der Waals surface area contributed by atoms with E-state index in [0.29, 0.717) is 36.7 Å². The maximum absolute atomic E-state index is 12.8. The lowest BCUT2D eigenvalue weighted by molar-refractivity contribution is 0.346. The number of hydrogen-bond donors (Lipinski definition) is 0. The summed E-state index contributed by atoms with van der Waals surface area (Å²) in [4.78, 5) is 16.6. The monoisotopic (exact) mass is 392 g/mol. The second-order valence-corrected chi connectivity index (χ2v) is 8.44. The van der Waals surface area contributed by atoms with Crippen LogP contribution in [0.25, 0.3) is 11.1 Å². The van der Waals surface area contributed by atoms with Crippen molar-refractivity contribution in [2.24, 2.45) is 0 Å². The van der Waals surface area contributed by atoms with Gasteiger partial charge in [-0.15, -0.1) is 0 Å². The molecule has 0 radical (unpaired) electrons. The first-order valence-corrected chi connectivity index (χ1v) is 10.4. The molecule has 2 aromatic heterocycles. The smallest absolute Gasteiger partial charge is 0.408 e. The topological polar surface area (TPSA) is 111 Å². The molecule has 27 heavy (non-hydrogen) atoms. The Morgan fingerprint density at radius 3 is 2.67 bits per heavy atom. The molecule has 0 saturated carbocycles. The fourth-order valence-corrected chi connectivity index (χ4v) is 4.78. The SMILES string of the molecule is CCc1nc(Cn2c(=O)oc3cc(S(=O)(=O)N4CCCCC4)ccc32)no1. The van der Waals surface area contributed by atoms with Gasteiger partial charge in [-0.3, -0.25) is 4.57 Å². The summed E-state index contributed by atoms with van der Waals surface area (Å²) in [5, 5.41) is 3.84. The first-order valence-electron chi connectivity index (χ1n) is 8.94. The molecule has 1 aliphatic rings. The maximum atomic E-state index is 12.8. The minimum Gasteiger partial charge on any atom is -0.408 e. The number of fused-ring (bicyclic) bond motifs is 1. The molecule has 1 saturated heterocycles. The van der Waals surface area contributed by atoms with Crippen LogP contribution in [-0.4, -0.2) is 40.5 Å². The van der Waals surface area contributed by atoms with Gasteiger partial charge in [-0.25, -0.2) is 13.2 Å². The van der Waals surface area contributed by atoms with Gasteiger partial charge in [0.15, 0.2) is 11.4 Å². The lowest BCUT2D eigenvalue weighted by Gasteiger charge is -2.25. The van der Waals surface area contributed by atoms with Gasteiger partial charge in [-0.05, 0) is 25.0 Å². The Kier molecular flexibility index (Phi) is 4.60. The molecular weight excluding hydrogens is 372 g/mol. The molecule has 1 aliphatic heterocycles. The van der Waals surface area contributed by atoms with Crippen LogP contribution in [0.1, 0.15) is 37.9 Å². The lowest BCUT2D eigenvalue weighted by Crippen LogP contribution is -2.35. The van der Waals surface area contributed by atoms with E-state index in [0.717, 1.165) is 19.3 Å². The minimum atomic E-state index is -3.59. The Bertz CT molecular complexity index is 1120.